The van der Waals surface area contributed by atoms with Crippen LogP contribution in [0.1, 0.15) is 47.1 Å². The third-order valence-electron chi connectivity index (χ3n) is 5.91. The van der Waals surface area contributed by atoms with Crippen molar-refractivity contribution in [2.45, 2.75) is 40.2 Å². The fraction of sp³-hybridized carbons (Fsp3) is 0.250. The van der Waals surface area contributed by atoms with E-state index in [1.54, 1.807) is 63.5 Å². The van der Waals surface area contributed by atoms with Crippen LogP contribution in [0.2, 0.25) is 0 Å². The van der Waals surface area contributed by atoms with Crippen LogP contribution in [-0.2, 0) is 5.60 Å². The SMILES string of the molecule is [C-]#[N+]c1cn(-c2cc(C(C)(C)O)ccc2Oc2c(C)cc(F)cc2C)c2cc(C(=O)NCC)sc2c1=O. The summed E-state index contributed by atoms with van der Waals surface area (Å²) in [5.74, 6) is 0.130. The molecule has 37 heavy (non-hydrogen) atoms. The zero-order valence-electron chi connectivity index (χ0n) is 21.1. The number of pyridine rings is 1. The van der Waals surface area contributed by atoms with Crippen molar-refractivity contribution in [1.29, 1.82) is 0 Å². The molecular weight excluding hydrogens is 493 g/mol. The first-order valence-electron chi connectivity index (χ1n) is 11.6. The number of ether oxygens (including phenoxy) is 1. The van der Waals surface area contributed by atoms with Crippen LogP contribution < -0.4 is 15.5 Å². The number of aliphatic hydroxyl groups is 1. The Balaban J connectivity index is 2.03. The first-order valence-corrected chi connectivity index (χ1v) is 12.4. The first-order chi connectivity index (χ1) is 17.4. The van der Waals surface area contributed by atoms with E-state index in [0.717, 1.165) is 11.3 Å². The van der Waals surface area contributed by atoms with Gasteiger partial charge < -0.3 is 24.5 Å². The largest absolute Gasteiger partial charge is 0.455 e. The summed E-state index contributed by atoms with van der Waals surface area (Å²) < 4.78 is 22.1. The van der Waals surface area contributed by atoms with Gasteiger partial charge in [-0.1, -0.05) is 6.07 Å². The Labute approximate surface area is 217 Å². The van der Waals surface area contributed by atoms with Gasteiger partial charge in [-0.2, -0.15) is 0 Å². The number of hydrogen-bond acceptors (Lipinski definition) is 5. The second kappa shape index (κ2) is 9.81. The number of thiophene rings is 1. The van der Waals surface area contributed by atoms with Crippen LogP contribution in [-0.4, -0.2) is 22.1 Å². The number of carbonyl (C=O) groups excluding carboxylic acids is 1. The summed E-state index contributed by atoms with van der Waals surface area (Å²) in [5, 5.41) is 13.4. The van der Waals surface area contributed by atoms with E-state index in [2.05, 4.69) is 10.2 Å². The Kier molecular flexibility index (Phi) is 6.91. The Hall–Kier alpha value is -4.00. The average Bonchev–Trinajstić information content (AvgIpc) is 3.28. The molecule has 2 N–H and O–H groups in total. The number of halogens is 1. The molecule has 0 bridgehead atoms. The predicted molar refractivity (Wildman–Crippen MR) is 143 cm³/mol. The van der Waals surface area contributed by atoms with E-state index in [9.17, 15) is 19.1 Å². The molecule has 0 atom stereocenters. The zero-order chi connectivity index (χ0) is 27.1. The molecule has 0 aliphatic heterocycles. The van der Waals surface area contributed by atoms with Crippen LogP contribution >= 0.6 is 11.3 Å². The smallest absolute Gasteiger partial charge is 0.261 e. The second-order valence-electron chi connectivity index (χ2n) is 9.22. The number of amides is 1. The molecule has 4 rings (SSSR count). The number of benzene rings is 2. The lowest BCUT2D eigenvalue weighted by Gasteiger charge is -2.22. The van der Waals surface area contributed by atoms with Gasteiger partial charge in [0.15, 0.2) is 5.75 Å². The summed E-state index contributed by atoms with van der Waals surface area (Å²) >= 11 is 1.02. The lowest BCUT2D eigenvalue weighted by Crippen LogP contribution is -2.21. The minimum atomic E-state index is -1.20. The standard InChI is InChI=1S/C28H26FN3O4S/c1-7-31-27(34)23-13-21-26(37-23)24(33)19(30-6)14-32(21)20-12-17(28(4,5)35)8-9-22(20)36-25-15(2)10-18(29)11-16(25)3/h8-14,35H,7H2,1-5H3,(H,31,34). The van der Waals surface area contributed by atoms with E-state index in [4.69, 9.17) is 11.3 Å². The van der Waals surface area contributed by atoms with Gasteiger partial charge in [0.25, 0.3) is 11.6 Å². The van der Waals surface area contributed by atoms with Crippen molar-refractivity contribution in [3.8, 4) is 17.2 Å². The number of fused-ring (bicyclic) bond motifs is 1. The van der Waals surface area contributed by atoms with Crippen molar-refractivity contribution in [2.75, 3.05) is 6.54 Å². The molecule has 0 fully saturated rings. The molecule has 9 heteroatoms. The van der Waals surface area contributed by atoms with Crippen molar-refractivity contribution in [2.24, 2.45) is 0 Å². The van der Waals surface area contributed by atoms with Crippen LogP contribution in [0.3, 0.4) is 0 Å². The molecule has 7 nitrogen and oxygen atoms in total. The van der Waals surface area contributed by atoms with Crippen molar-refractivity contribution < 1.29 is 19.0 Å². The first kappa shape index (κ1) is 26.1. The quantitative estimate of drug-likeness (QED) is 0.300. The zero-order valence-corrected chi connectivity index (χ0v) is 21.9. The summed E-state index contributed by atoms with van der Waals surface area (Å²) in [6.45, 7) is 16.5. The van der Waals surface area contributed by atoms with Crippen LogP contribution in [0.5, 0.6) is 11.5 Å². The molecule has 0 radical (unpaired) electrons. The van der Waals surface area contributed by atoms with E-state index < -0.39 is 11.0 Å². The molecule has 2 aromatic carbocycles. The molecule has 2 heterocycles. The molecule has 0 spiro atoms. The summed E-state index contributed by atoms with van der Waals surface area (Å²) in [4.78, 5) is 29.3. The van der Waals surface area contributed by atoms with Gasteiger partial charge in [-0.3, -0.25) is 4.79 Å². The van der Waals surface area contributed by atoms with Crippen LogP contribution in [0.15, 0.2) is 47.4 Å². The van der Waals surface area contributed by atoms with Gasteiger partial charge in [0, 0.05) is 12.7 Å². The Morgan fingerprint density at radius 3 is 2.49 bits per heavy atom. The number of aryl methyl sites for hydroxylation is 2. The van der Waals surface area contributed by atoms with Gasteiger partial charge in [-0.05, 0) is 81.6 Å². The molecule has 0 unspecified atom stereocenters. The highest BCUT2D eigenvalue weighted by molar-refractivity contribution is 7.20. The maximum absolute atomic E-state index is 13.9. The van der Waals surface area contributed by atoms with Gasteiger partial charge in [-0.15, -0.1) is 11.3 Å². The van der Waals surface area contributed by atoms with E-state index >= 15 is 0 Å². The predicted octanol–water partition coefficient (Wildman–Crippen LogP) is 6.13. The molecular formula is C28H26FN3O4S. The fourth-order valence-corrected chi connectivity index (χ4v) is 5.08. The number of nitrogens with one attached hydrogen (secondary N) is 1. The summed E-state index contributed by atoms with van der Waals surface area (Å²) in [6, 6.07) is 9.47. The third kappa shape index (κ3) is 4.99. The van der Waals surface area contributed by atoms with E-state index in [1.807, 2.05) is 0 Å². The van der Waals surface area contributed by atoms with Crippen LogP contribution in [0.4, 0.5) is 10.1 Å². The van der Waals surface area contributed by atoms with Gasteiger partial charge in [0.2, 0.25) is 5.43 Å². The van der Waals surface area contributed by atoms with Crippen molar-refractivity contribution in [3.63, 3.8) is 0 Å². The Morgan fingerprint density at radius 2 is 1.89 bits per heavy atom. The molecule has 0 saturated heterocycles. The Bertz CT molecular complexity index is 1620. The molecule has 2 aromatic heterocycles. The van der Waals surface area contributed by atoms with Gasteiger partial charge >= 0.3 is 0 Å². The average molecular weight is 520 g/mol. The maximum atomic E-state index is 13.9. The Morgan fingerprint density at radius 1 is 1.22 bits per heavy atom. The number of aromatic nitrogens is 1. The summed E-state index contributed by atoms with van der Waals surface area (Å²) in [6.07, 6.45) is 1.41. The van der Waals surface area contributed by atoms with Gasteiger partial charge in [-0.25, -0.2) is 9.24 Å². The fourth-order valence-electron chi connectivity index (χ4n) is 4.07. The number of nitrogens with zero attached hydrogens (tertiary/aromatic N) is 2. The number of carbonyl (C=O) groups is 1. The third-order valence-corrected chi connectivity index (χ3v) is 7.03. The van der Waals surface area contributed by atoms with Crippen molar-refractivity contribution >= 4 is 33.1 Å². The monoisotopic (exact) mass is 519 g/mol. The van der Waals surface area contributed by atoms with Gasteiger partial charge in [0.1, 0.15) is 11.6 Å². The highest BCUT2D eigenvalue weighted by atomic mass is 32.1. The highest BCUT2D eigenvalue weighted by Crippen LogP contribution is 2.38. The van der Waals surface area contributed by atoms with Gasteiger partial charge in [0.05, 0.1) is 33.0 Å². The maximum Gasteiger partial charge on any atom is 0.261 e. The highest BCUT2D eigenvalue weighted by Gasteiger charge is 2.23. The molecule has 0 aliphatic rings. The molecule has 4 aromatic rings. The van der Waals surface area contributed by atoms with Crippen molar-refractivity contribution in [3.05, 3.63) is 91.6 Å². The lowest BCUT2D eigenvalue weighted by atomic mass is 9.97. The number of rotatable bonds is 6. The van der Waals surface area contributed by atoms with Crippen LogP contribution in [0.25, 0.3) is 20.7 Å². The summed E-state index contributed by atoms with van der Waals surface area (Å²) in [5.41, 5.74) is 0.839. The number of hydrogen-bond donors (Lipinski definition) is 2. The van der Waals surface area contributed by atoms with E-state index in [-0.39, 0.29) is 22.1 Å². The van der Waals surface area contributed by atoms with Crippen molar-refractivity contribution in [1.82, 2.24) is 9.88 Å². The molecule has 0 aliphatic carbocycles. The minimum Gasteiger partial charge on any atom is -0.455 e. The molecule has 1 amide bonds. The second-order valence-corrected chi connectivity index (χ2v) is 10.3. The minimum absolute atomic E-state index is 0.120. The summed E-state index contributed by atoms with van der Waals surface area (Å²) in [7, 11) is 0. The van der Waals surface area contributed by atoms with E-state index in [1.165, 1.54) is 18.3 Å². The topological polar surface area (TPSA) is 84.9 Å². The van der Waals surface area contributed by atoms with E-state index in [0.29, 0.717) is 50.8 Å². The van der Waals surface area contributed by atoms with Crippen LogP contribution in [0, 0.1) is 26.2 Å². The lowest BCUT2D eigenvalue weighted by molar-refractivity contribution is 0.0785. The molecule has 190 valence electrons. The molecule has 0 saturated carbocycles. The normalized spacial score (nSPS) is 11.4.